The minimum atomic E-state index is -0.736. The topological polar surface area (TPSA) is 17.1 Å². The molecule has 7 heavy (non-hydrogen) atoms. The molecule has 0 aliphatic heterocycles. The average molecular weight is 117 g/mol. The van der Waals surface area contributed by atoms with Crippen molar-refractivity contribution >= 4 is 17.4 Å². The molecule has 0 spiro atoms. The summed E-state index contributed by atoms with van der Waals surface area (Å²) in [6, 6.07) is 0. The molecular weight excluding hydrogens is 112 g/mol. The predicted octanol–water partition coefficient (Wildman–Crippen LogP) is 0.816. The van der Waals surface area contributed by atoms with Gasteiger partial charge in [0.05, 0.1) is 0 Å². The van der Waals surface area contributed by atoms with Gasteiger partial charge in [-0.05, 0) is 6.92 Å². The van der Waals surface area contributed by atoms with Gasteiger partial charge >= 0.3 is 0 Å². The Labute approximate surface area is 47.7 Å². The van der Waals surface area contributed by atoms with E-state index in [4.69, 9.17) is 18.0 Å². The molecule has 0 amide bonds. The second-order valence-electron chi connectivity index (χ2n) is 1.14. The van der Waals surface area contributed by atoms with E-state index in [0.29, 0.717) is 0 Å². The zero-order chi connectivity index (χ0) is 5.86. The molecule has 0 rings (SSSR count). The van der Waals surface area contributed by atoms with Gasteiger partial charge in [-0.15, -0.1) is 18.0 Å². The number of carbonyl (C=O) groups is 1. The summed E-state index contributed by atoms with van der Waals surface area (Å²) in [5, 5.41) is -0.736. The van der Waals surface area contributed by atoms with Gasteiger partial charge in [-0.25, -0.2) is 0 Å². The third-order valence-electron chi connectivity index (χ3n) is 0.503. The van der Waals surface area contributed by atoms with Crippen LogP contribution in [0, 0.1) is 12.3 Å². The van der Waals surface area contributed by atoms with Crippen molar-refractivity contribution in [3.8, 4) is 12.3 Å². The molecule has 2 heteroatoms. The standard InChI is InChI=1S/C5H5ClO/c1-3-5(6)4(2)7/h1,5H,2H3. The molecule has 1 nitrogen and oxygen atoms in total. The minimum Gasteiger partial charge on any atom is -0.297 e. The highest BCUT2D eigenvalue weighted by atomic mass is 35.5. The van der Waals surface area contributed by atoms with Crippen LogP contribution in [0.1, 0.15) is 6.92 Å². The van der Waals surface area contributed by atoms with Crippen LogP contribution < -0.4 is 0 Å². The number of alkyl halides is 1. The third kappa shape index (κ3) is 2.24. The first-order chi connectivity index (χ1) is 3.18. The monoisotopic (exact) mass is 116 g/mol. The lowest BCUT2D eigenvalue weighted by molar-refractivity contribution is -0.115. The summed E-state index contributed by atoms with van der Waals surface area (Å²) in [5.41, 5.74) is 0. The van der Waals surface area contributed by atoms with Gasteiger partial charge in [0.25, 0.3) is 0 Å². The van der Waals surface area contributed by atoms with Crippen LogP contribution in [0.15, 0.2) is 0 Å². The fraction of sp³-hybridized carbons (Fsp3) is 0.400. The Hall–Kier alpha value is -0.480. The summed E-state index contributed by atoms with van der Waals surface area (Å²) in [5.74, 6) is 1.90. The van der Waals surface area contributed by atoms with Crippen LogP contribution in [-0.4, -0.2) is 11.2 Å². The maximum Gasteiger partial charge on any atom is 0.159 e. The van der Waals surface area contributed by atoms with E-state index in [0.717, 1.165) is 0 Å². The summed E-state index contributed by atoms with van der Waals surface area (Å²) >= 11 is 5.21. The van der Waals surface area contributed by atoms with Crippen LogP contribution >= 0.6 is 11.6 Å². The van der Waals surface area contributed by atoms with Crippen molar-refractivity contribution in [2.75, 3.05) is 0 Å². The number of ketones is 1. The fourth-order valence-electron chi connectivity index (χ4n) is 0.117. The zero-order valence-electron chi connectivity index (χ0n) is 3.94. The molecule has 0 radical (unpaired) electrons. The van der Waals surface area contributed by atoms with Crippen molar-refractivity contribution in [2.24, 2.45) is 0 Å². The highest BCUT2D eigenvalue weighted by Crippen LogP contribution is 1.91. The molecule has 0 saturated carbocycles. The van der Waals surface area contributed by atoms with Crippen molar-refractivity contribution in [1.29, 1.82) is 0 Å². The summed E-state index contributed by atoms with van der Waals surface area (Å²) in [7, 11) is 0. The lowest BCUT2D eigenvalue weighted by Gasteiger charge is -1.88. The molecule has 0 aliphatic carbocycles. The molecule has 1 unspecified atom stereocenters. The Morgan fingerprint density at radius 3 is 2.43 bits per heavy atom. The number of Topliss-reactive ketones (excluding diaryl/α,β-unsaturated/α-hetero) is 1. The average Bonchev–Trinajstić information content (AvgIpc) is 1.65. The fourth-order valence-corrected chi connectivity index (χ4v) is 0.117. The summed E-state index contributed by atoms with van der Waals surface area (Å²) < 4.78 is 0. The van der Waals surface area contributed by atoms with E-state index >= 15 is 0 Å². The maximum atomic E-state index is 10.1. The second-order valence-corrected chi connectivity index (χ2v) is 1.58. The molecule has 0 aromatic heterocycles. The number of hydrogen-bond donors (Lipinski definition) is 0. The van der Waals surface area contributed by atoms with Crippen molar-refractivity contribution < 1.29 is 4.79 Å². The quantitative estimate of drug-likeness (QED) is 0.366. The lowest BCUT2D eigenvalue weighted by Crippen LogP contribution is -2.05. The van der Waals surface area contributed by atoms with E-state index in [-0.39, 0.29) is 5.78 Å². The van der Waals surface area contributed by atoms with E-state index in [1.165, 1.54) is 6.92 Å². The third-order valence-corrected chi connectivity index (χ3v) is 0.937. The van der Waals surface area contributed by atoms with Gasteiger partial charge in [-0.3, -0.25) is 4.79 Å². The van der Waals surface area contributed by atoms with Gasteiger partial charge in [-0.1, -0.05) is 5.92 Å². The number of terminal acetylenes is 1. The van der Waals surface area contributed by atoms with E-state index in [1.807, 2.05) is 0 Å². The number of hydrogen-bond acceptors (Lipinski definition) is 1. The van der Waals surface area contributed by atoms with Gasteiger partial charge < -0.3 is 0 Å². The molecule has 0 saturated heterocycles. The first kappa shape index (κ1) is 6.52. The number of carbonyl (C=O) groups excluding carboxylic acids is 1. The van der Waals surface area contributed by atoms with E-state index in [1.54, 1.807) is 0 Å². The van der Waals surface area contributed by atoms with Gasteiger partial charge in [0.1, 0.15) is 0 Å². The van der Waals surface area contributed by atoms with E-state index in [2.05, 4.69) is 5.92 Å². The molecule has 0 heterocycles. The van der Waals surface area contributed by atoms with Crippen LogP contribution in [0.2, 0.25) is 0 Å². The zero-order valence-corrected chi connectivity index (χ0v) is 4.70. The highest BCUT2D eigenvalue weighted by Gasteiger charge is 2.02. The molecule has 0 aromatic carbocycles. The first-order valence-corrected chi connectivity index (χ1v) is 2.22. The normalized spacial score (nSPS) is 12.1. The Balaban J connectivity index is 3.63. The largest absolute Gasteiger partial charge is 0.297 e. The molecule has 0 aliphatic rings. The Bertz CT molecular complexity index is 112. The van der Waals surface area contributed by atoms with Crippen molar-refractivity contribution in [3.05, 3.63) is 0 Å². The first-order valence-electron chi connectivity index (χ1n) is 1.79. The summed E-state index contributed by atoms with van der Waals surface area (Å²) in [6.07, 6.45) is 4.77. The van der Waals surface area contributed by atoms with Gasteiger partial charge in [0.15, 0.2) is 11.2 Å². The summed E-state index contributed by atoms with van der Waals surface area (Å²) in [4.78, 5) is 10.1. The second kappa shape index (κ2) is 2.65. The van der Waals surface area contributed by atoms with Gasteiger partial charge in [-0.2, -0.15) is 0 Å². The van der Waals surface area contributed by atoms with Gasteiger partial charge in [0, 0.05) is 0 Å². The number of halogens is 1. The van der Waals surface area contributed by atoms with Gasteiger partial charge in [0.2, 0.25) is 0 Å². The Morgan fingerprint density at radius 1 is 2.00 bits per heavy atom. The van der Waals surface area contributed by atoms with E-state index < -0.39 is 5.38 Å². The minimum absolute atomic E-state index is 0.177. The van der Waals surface area contributed by atoms with Crippen LogP contribution in [-0.2, 0) is 4.79 Å². The molecule has 0 bridgehead atoms. The lowest BCUT2D eigenvalue weighted by atomic mass is 10.3. The van der Waals surface area contributed by atoms with Crippen LogP contribution in [0.3, 0.4) is 0 Å². The molecular formula is C5H5ClO. The molecule has 1 atom stereocenters. The van der Waals surface area contributed by atoms with Crippen molar-refractivity contribution in [1.82, 2.24) is 0 Å². The predicted molar refractivity (Wildman–Crippen MR) is 29.2 cm³/mol. The van der Waals surface area contributed by atoms with Crippen LogP contribution in [0.4, 0.5) is 0 Å². The molecule has 38 valence electrons. The van der Waals surface area contributed by atoms with E-state index in [9.17, 15) is 4.79 Å². The van der Waals surface area contributed by atoms with Crippen LogP contribution in [0.25, 0.3) is 0 Å². The van der Waals surface area contributed by atoms with Crippen molar-refractivity contribution in [2.45, 2.75) is 12.3 Å². The summed E-state index contributed by atoms with van der Waals surface area (Å²) in [6.45, 7) is 1.36. The Kier molecular flexibility index (Phi) is 2.47. The molecule has 0 fully saturated rings. The Morgan fingerprint density at radius 2 is 2.43 bits per heavy atom. The SMILES string of the molecule is C#CC(Cl)C(C)=O. The maximum absolute atomic E-state index is 10.1. The van der Waals surface area contributed by atoms with Crippen molar-refractivity contribution in [3.63, 3.8) is 0 Å². The highest BCUT2D eigenvalue weighted by molar-refractivity contribution is 6.32. The van der Waals surface area contributed by atoms with Crippen LogP contribution in [0.5, 0.6) is 0 Å². The molecule has 0 N–H and O–H groups in total. The smallest absolute Gasteiger partial charge is 0.159 e. The number of rotatable bonds is 1. The molecule has 0 aromatic rings.